The molecule has 1 saturated carbocycles. The maximum atomic E-state index is 12.8. The van der Waals surface area contributed by atoms with Gasteiger partial charge in [-0.3, -0.25) is 4.79 Å². The summed E-state index contributed by atoms with van der Waals surface area (Å²) in [6.45, 7) is 10.9. The average Bonchev–Trinajstić information content (AvgIpc) is 2.68. The standard InChI is InChI=1S/C16H27NO3S/c1-6-17(12-7-8-21(19,20)10-12)15(18)14-13(9-11(2)3)16(14,4)5/h9,12-14H,6-8,10H2,1-5H3/t12-,13-,14-/m0/s1. The number of hydrogen-bond acceptors (Lipinski definition) is 3. The number of rotatable bonds is 4. The molecule has 4 nitrogen and oxygen atoms in total. The minimum Gasteiger partial charge on any atom is -0.339 e. The molecule has 2 rings (SSSR count). The van der Waals surface area contributed by atoms with E-state index in [1.807, 2.05) is 6.92 Å². The highest BCUT2D eigenvalue weighted by Gasteiger charge is 2.61. The van der Waals surface area contributed by atoms with Crippen molar-refractivity contribution in [3.8, 4) is 0 Å². The number of carbonyl (C=O) groups is 1. The van der Waals surface area contributed by atoms with Crippen molar-refractivity contribution in [1.29, 1.82) is 0 Å². The second-order valence-electron chi connectivity index (χ2n) is 7.25. The largest absolute Gasteiger partial charge is 0.339 e. The second kappa shape index (κ2) is 5.41. The molecular formula is C16H27NO3S. The lowest BCUT2D eigenvalue weighted by Gasteiger charge is -2.27. The van der Waals surface area contributed by atoms with Gasteiger partial charge in [-0.1, -0.05) is 25.5 Å². The molecule has 0 radical (unpaired) electrons. The highest BCUT2D eigenvalue weighted by Crippen LogP contribution is 2.60. The first kappa shape index (κ1) is 16.5. The highest BCUT2D eigenvalue weighted by atomic mass is 32.2. The smallest absolute Gasteiger partial charge is 0.227 e. The number of carbonyl (C=O) groups excluding carboxylic acids is 1. The van der Waals surface area contributed by atoms with Crippen LogP contribution in [0, 0.1) is 17.3 Å². The van der Waals surface area contributed by atoms with Crippen molar-refractivity contribution in [1.82, 2.24) is 4.90 Å². The van der Waals surface area contributed by atoms with Crippen molar-refractivity contribution in [2.24, 2.45) is 17.3 Å². The van der Waals surface area contributed by atoms with Crippen molar-refractivity contribution in [3.05, 3.63) is 11.6 Å². The monoisotopic (exact) mass is 313 g/mol. The third-order valence-corrected chi connectivity index (χ3v) is 6.71. The van der Waals surface area contributed by atoms with Crippen LogP contribution in [0.15, 0.2) is 11.6 Å². The molecule has 2 aliphatic rings. The molecule has 5 heteroatoms. The lowest BCUT2D eigenvalue weighted by Crippen LogP contribution is -2.42. The Morgan fingerprint density at radius 2 is 1.95 bits per heavy atom. The minimum absolute atomic E-state index is 0.00402. The summed E-state index contributed by atoms with van der Waals surface area (Å²) < 4.78 is 23.3. The number of nitrogens with zero attached hydrogens (tertiary/aromatic N) is 1. The zero-order chi connectivity index (χ0) is 16.0. The van der Waals surface area contributed by atoms with Crippen LogP contribution < -0.4 is 0 Å². The van der Waals surface area contributed by atoms with E-state index in [9.17, 15) is 13.2 Å². The first-order chi connectivity index (χ1) is 9.60. The van der Waals surface area contributed by atoms with Gasteiger partial charge in [0.2, 0.25) is 5.91 Å². The quantitative estimate of drug-likeness (QED) is 0.748. The first-order valence-corrected chi connectivity index (χ1v) is 9.58. The van der Waals surface area contributed by atoms with Crippen LogP contribution in [-0.4, -0.2) is 43.3 Å². The summed E-state index contributed by atoms with van der Waals surface area (Å²) in [6, 6.07) is -0.128. The van der Waals surface area contributed by atoms with Crippen molar-refractivity contribution >= 4 is 15.7 Å². The van der Waals surface area contributed by atoms with Gasteiger partial charge < -0.3 is 4.90 Å². The van der Waals surface area contributed by atoms with E-state index in [2.05, 4.69) is 33.8 Å². The van der Waals surface area contributed by atoms with Gasteiger partial charge in [-0.05, 0) is 38.5 Å². The van der Waals surface area contributed by atoms with E-state index >= 15 is 0 Å². The van der Waals surface area contributed by atoms with Gasteiger partial charge in [-0.2, -0.15) is 0 Å². The molecule has 2 fully saturated rings. The van der Waals surface area contributed by atoms with Gasteiger partial charge in [-0.25, -0.2) is 8.42 Å². The Kier molecular flexibility index (Phi) is 4.26. The molecule has 1 aliphatic heterocycles. The predicted molar refractivity (Wildman–Crippen MR) is 84.6 cm³/mol. The van der Waals surface area contributed by atoms with E-state index in [0.29, 0.717) is 13.0 Å². The molecule has 0 N–H and O–H groups in total. The van der Waals surface area contributed by atoms with Crippen molar-refractivity contribution in [3.63, 3.8) is 0 Å². The van der Waals surface area contributed by atoms with E-state index in [1.165, 1.54) is 5.57 Å². The lowest BCUT2D eigenvalue weighted by molar-refractivity contribution is -0.135. The second-order valence-corrected chi connectivity index (χ2v) is 9.48. The molecule has 0 spiro atoms. The minimum atomic E-state index is -2.96. The topological polar surface area (TPSA) is 54.5 Å². The highest BCUT2D eigenvalue weighted by molar-refractivity contribution is 7.91. The number of amides is 1. The van der Waals surface area contributed by atoms with E-state index < -0.39 is 9.84 Å². The fraction of sp³-hybridized carbons (Fsp3) is 0.812. The number of hydrogen-bond donors (Lipinski definition) is 0. The van der Waals surface area contributed by atoms with Crippen LogP contribution in [0.25, 0.3) is 0 Å². The van der Waals surface area contributed by atoms with Crippen LogP contribution >= 0.6 is 0 Å². The normalized spacial score (nSPS) is 32.5. The first-order valence-electron chi connectivity index (χ1n) is 7.76. The summed E-state index contributed by atoms with van der Waals surface area (Å²) in [5.41, 5.74) is 1.22. The summed E-state index contributed by atoms with van der Waals surface area (Å²) in [5.74, 6) is 0.754. The molecule has 0 aromatic heterocycles. The van der Waals surface area contributed by atoms with Crippen LogP contribution in [0.5, 0.6) is 0 Å². The molecule has 3 atom stereocenters. The van der Waals surface area contributed by atoms with Gasteiger partial charge in [0.15, 0.2) is 9.84 Å². The van der Waals surface area contributed by atoms with E-state index in [1.54, 1.807) is 4.90 Å². The molecule has 120 valence electrons. The summed E-state index contributed by atoms with van der Waals surface area (Å²) in [7, 11) is -2.96. The SMILES string of the molecule is CCN(C(=O)[C@@H]1[C@H](C=C(C)C)C1(C)C)[C@H]1CCS(=O)(=O)C1. The van der Waals surface area contributed by atoms with Gasteiger partial charge in [0.1, 0.15) is 0 Å². The Morgan fingerprint density at radius 1 is 1.33 bits per heavy atom. The molecule has 1 heterocycles. The third kappa shape index (κ3) is 3.17. The Hall–Kier alpha value is -0.840. The fourth-order valence-electron chi connectivity index (χ4n) is 3.61. The average molecular weight is 313 g/mol. The molecule has 1 amide bonds. The van der Waals surface area contributed by atoms with Gasteiger partial charge >= 0.3 is 0 Å². The molecule has 21 heavy (non-hydrogen) atoms. The summed E-state index contributed by atoms with van der Waals surface area (Å²) in [4.78, 5) is 14.6. The van der Waals surface area contributed by atoms with Gasteiger partial charge in [-0.15, -0.1) is 0 Å². The molecule has 0 bridgehead atoms. The summed E-state index contributed by atoms with van der Waals surface area (Å²) >= 11 is 0. The molecule has 1 saturated heterocycles. The molecular weight excluding hydrogens is 286 g/mol. The van der Waals surface area contributed by atoms with E-state index in [0.717, 1.165) is 0 Å². The zero-order valence-corrected chi connectivity index (χ0v) is 14.5. The van der Waals surface area contributed by atoms with Crippen LogP contribution in [0.3, 0.4) is 0 Å². The summed E-state index contributed by atoms with van der Waals surface area (Å²) in [5, 5.41) is 0. The molecule has 0 unspecified atom stereocenters. The van der Waals surface area contributed by atoms with E-state index in [-0.39, 0.29) is 40.7 Å². The van der Waals surface area contributed by atoms with Gasteiger partial charge in [0.25, 0.3) is 0 Å². The number of sulfone groups is 1. The van der Waals surface area contributed by atoms with Crippen LogP contribution in [0.1, 0.15) is 41.0 Å². The van der Waals surface area contributed by atoms with Gasteiger partial charge in [0.05, 0.1) is 17.4 Å². The lowest BCUT2D eigenvalue weighted by atomic mass is 10.1. The van der Waals surface area contributed by atoms with E-state index in [4.69, 9.17) is 0 Å². The van der Waals surface area contributed by atoms with Gasteiger partial charge in [0, 0.05) is 12.6 Å². The van der Waals surface area contributed by atoms with Crippen molar-refractivity contribution < 1.29 is 13.2 Å². The molecule has 0 aromatic carbocycles. The van der Waals surface area contributed by atoms with Crippen molar-refractivity contribution in [2.45, 2.75) is 47.1 Å². The Balaban J connectivity index is 2.14. The van der Waals surface area contributed by atoms with Crippen LogP contribution in [0.4, 0.5) is 0 Å². The number of allylic oxidation sites excluding steroid dienone is 2. The van der Waals surface area contributed by atoms with Crippen LogP contribution in [0.2, 0.25) is 0 Å². The summed E-state index contributed by atoms with van der Waals surface area (Å²) in [6.07, 6.45) is 2.77. The van der Waals surface area contributed by atoms with Crippen LogP contribution in [-0.2, 0) is 14.6 Å². The Labute approximate surface area is 128 Å². The predicted octanol–water partition coefficient (Wildman–Crippen LogP) is 2.26. The Bertz CT molecular complexity index is 558. The maximum Gasteiger partial charge on any atom is 0.227 e. The fourth-order valence-corrected chi connectivity index (χ4v) is 5.34. The maximum absolute atomic E-state index is 12.8. The Morgan fingerprint density at radius 3 is 2.38 bits per heavy atom. The molecule has 0 aromatic rings. The zero-order valence-electron chi connectivity index (χ0n) is 13.7. The molecule has 1 aliphatic carbocycles. The van der Waals surface area contributed by atoms with Crippen molar-refractivity contribution in [2.75, 3.05) is 18.1 Å². The third-order valence-electron chi connectivity index (χ3n) is 4.96.